The van der Waals surface area contributed by atoms with Crippen molar-refractivity contribution in [3.05, 3.63) is 0 Å². The minimum atomic E-state index is -0.210. The Hall–Kier alpha value is -0.770. The molecule has 0 spiro atoms. The Labute approximate surface area is 130 Å². The van der Waals surface area contributed by atoms with Crippen molar-refractivity contribution < 1.29 is 9.53 Å². The van der Waals surface area contributed by atoms with Gasteiger partial charge in [-0.2, -0.15) is 0 Å². The molecule has 4 nitrogen and oxygen atoms in total. The van der Waals surface area contributed by atoms with Gasteiger partial charge in [-0.25, -0.2) is 4.79 Å². The fourth-order valence-corrected chi connectivity index (χ4v) is 2.85. The molecule has 0 radical (unpaired) electrons. The standard InChI is InChI=1S/C17H34N2O2/c1-4-5-6-7-8-9-10-13-19-14-11-12-16(15-19)21-17(20)18(2)3/h16H,4-15H2,1-3H3. The Morgan fingerprint density at radius 3 is 2.48 bits per heavy atom. The van der Waals surface area contributed by atoms with Crippen LogP contribution >= 0.6 is 0 Å². The van der Waals surface area contributed by atoms with Crippen LogP contribution in [0.15, 0.2) is 0 Å². The molecular weight excluding hydrogens is 264 g/mol. The maximum atomic E-state index is 11.6. The third-order valence-electron chi connectivity index (χ3n) is 4.17. The van der Waals surface area contributed by atoms with Crippen molar-refractivity contribution in [2.24, 2.45) is 0 Å². The van der Waals surface area contributed by atoms with E-state index >= 15 is 0 Å². The zero-order chi connectivity index (χ0) is 15.5. The molecule has 1 atom stereocenters. The van der Waals surface area contributed by atoms with Gasteiger partial charge in [0.15, 0.2) is 0 Å². The molecule has 0 N–H and O–H groups in total. The first-order chi connectivity index (χ1) is 10.1. The number of piperidine rings is 1. The molecule has 0 bridgehead atoms. The van der Waals surface area contributed by atoms with Crippen LogP contribution in [0.25, 0.3) is 0 Å². The molecule has 1 heterocycles. The van der Waals surface area contributed by atoms with Crippen LogP contribution in [0.5, 0.6) is 0 Å². The summed E-state index contributed by atoms with van der Waals surface area (Å²) < 4.78 is 5.50. The molecule has 1 aliphatic heterocycles. The number of rotatable bonds is 9. The summed E-state index contributed by atoms with van der Waals surface area (Å²) in [6.45, 7) is 5.49. The lowest BCUT2D eigenvalue weighted by Gasteiger charge is -2.32. The predicted molar refractivity (Wildman–Crippen MR) is 87.6 cm³/mol. The maximum absolute atomic E-state index is 11.6. The average molecular weight is 298 g/mol. The fraction of sp³-hybridized carbons (Fsp3) is 0.941. The zero-order valence-corrected chi connectivity index (χ0v) is 14.3. The summed E-state index contributed by atoms with van der Waals surface area (Å²) >= 11 is 0. The molecule has 1 unspecified atom stereocenters. The molecule has 0 aliphatic carbocycles. The number of hydrogen-bond acceptors (Lipinski definition) is 3. The number of hydrogen-bond donors (Lipinski definition) is 0. The van der Waals surface area contributed by atoms with Gasteiger partial charge in [0, 0.05) is 20.6 Å². The number of carbonyl (C=O) groups is 1. The molecule has 0 aromatic carbocycles. The first-order valence-corrected chi connectivity index (χ1v) is 8.73. The van der Waals surface area contributed by atoms with E-state index < -0.39 is 0 Å². The lowest BCUT2D eigenvalue weighted by atomic mass is 10.1. The van der Waals surface area contributed by atoms with E-state index in [2.05, 4.69) is 11.8 Å². The summed E-state index contributed by atoms with van der Waals surface area (Å²) in [5, 5.41) is 0. The van der Waals surface area contributed by atoms with Crippen LogP contribution in [-0.2, 0) is 4.74 Å². The second kappa shape index (κ2) is 10.9. The van der Waals surface area contributed by atoms with Gasteiger partial charge in [0.25, 0.3) is 0 Å². The summed E-state index contributed by atoms with van der Waals surface area (Å²) in [4.78, 5) is 15.6. The van der Waals surface area contributed by atoms with Crippen molar-refractivity contribution in [1.29, 1.82) is 0 Å². The zero-order valence-electron chi connectivity index (χ0n) is 14.3. The van der Waals surface area contributed by atoms with E-state index in [0.717, 1.165) is 32.5 Å². The third kappa shape index (κ3) is 8.30. The van der Waals surface area contributed by atoms with Crippen LogP contribution in [-0.4, -0.2) is 55.7 Å². The van der Waals surface area contributed by atoms with E-state index in [1.54, 1.807) is 14.1 Å². The summed E-state index contributed by atoms with van der Waals surface area (Å²) in [5.41, 5.74) is 0. The van der Waals surface area contributed by atoms with E-state index in [4.69, 9.17) is 4.74 Å². The Kier molecular flexibility index (Phi) is 9.48. The SMILES string of the molecule is CCCCCCCCCN1CCCC(OC(=O)N(C)C)C1. The van der Waals surface area contributed by atoms with Gasteiger partial charge < -0.3 is 9.64 Å². The van der Waals surface area contributed by atoms with Gasteiger partial charge in [-0.1, -0.05) is 45.4 Å². The largest absolute Gasteiger partial charge is 0.445 e. The highest BCUT2D eigenvalue weighted by molar-refractivity contribution is 5.66. The smallest absolute Gasteiger partial charge is 0.409 e. The normalized spacial score (nSPS) is 19.5. The van der Waals surface area contributed by atoms with Crippen molar-refractivity contribution in [2.75, 3.05) is 33.7 Å². The monoisotopic (exact) mass is 298 g/mol. The highest BCUT2D eigenvalue weighted by atomic mass is 16.6. The molecule has 0 aromatic rings. The van der Waals surface area contributed by atoms with E-state index in [0.29, 0.717) is 0 Å². The summed E-state index contributed by atoms with van der Waals surface area (Å²) in [7, 11) is 3.48. The van der Waals surface area contributed by atoms with Crippen molar-refractivity contribution in [1.82, 2.24) is 9.80 Å². The Bertz CT molecular complexity index is 282. The van der Waals surface area contributed by atoms with Gasteiger partial charge in [0.2, 0.25) is 0 Å². The molecule has 1 aliphatic rings. The molecule has 1 rings (SSSR count). The van der Waals surface area contributed by atoms with Crippen LogP contribution in [0.1, 0.15) is 64.7 Å². The molecule has 1 saturated heterocycles. The van der Waals surface area contributed by atoms with Crippen molar-refractivity contribution in [3.8, 4) is 0 Å². The van der Waals surface area contributed by atoms with Crippen LogP contribution in [0.4, 0.5) is 4.79 Å². The van der Waals surface area contributed by atoms with E-state index in [1.807, 2.05) is 0 Å². The van der Waals surface area contributed by atoms with Crippen molar-refractivity contribution in [2.45, 2.75) is 70.8 Å². The number of unbranched alkanes of at least 4 members (excludes halogenated alkanes) is 6. The second-order valence-electron chi connectivity index (χ2n) is 6.46. The molecule has 21 heavy (non-hydrogen) atoms. The van der Waals surface area contributed by atoms with Crippen LogP contribution in [0.3, 0.4) is 0 Å². The van der Waals surface area contributed by atoms with Gasteiger partial charge in [0.1, 0.15) is 6.10 Å². The third-order valence-corrected chi connectivity index (χ3v) is 4.17. The van der Waals surface area contributed by atoms with Crippen molar-refractivity contribution >= 4 is 6.09 Å². The average Bonchev–Trinajstić information content (AvgIpc) is 2.46. The molecule has 1 amide bonds. The molecule has 0 saturated carbocycles. The Morgan fingerprint density at radius 1 is 1.14 bits per heavy atom. The van der Waals surface area contributed by atoms with Gasteiger partial charge in [-0.15, -0.1) is 0 Å². The number of carbonyl (C=O) groups excluding carboxylic acids is 1. The lowest BCUT2D eigenvalue weighted by molar-refractivity contribution is 0.0282. The first kappa shape index (κ1) is 18.3. The summed E-state index contributed by atoms with van der Waals surface area (Å²) in [6.07, 6.45) is 11.5. The van der Waals surface area contributed by atoms with Gasteiger partial charge in [-0.3, -0.25) is 4.90 Å². The molecule has 4 heteroatoms. The highest BCUT2D eigenvalue weighted by Crippen LogP contribution is 2.15. The van der Waals surface area contributed by atoms with Gasteiger partial charge in [0.05, 0.1) is 0 Å². The van der Waals surface area contributed by atoms with Gasteiger partial charge in [-0.05, 0) is 32.4 Å². The fourth-order valence-electron chi connectivity index (χ4n) is 2.85. The second-order valence-corrected chi connectivity index (χ2v) is 6.46. The molecule has 1 fully saturated rings. The van der Waals surface area contributed by atoms with E-state index in [-0.39, 0.29) is 12.2 Å². The highest BCUT2D eigenvalue weighted by Gasteiger charge is 2.23. The van der Waals surface area contributed by atoms with Gasteiger partial charge >= 0.3 is 6.09 Å². The molecule has 124 valence electrons. The Balaban J connectivity index is 2.08. The summed E-state index contributed by atoms with van der Waals surface area (Å²) in [6, 6.07) is 0. The first-order valence-electron chi connectivity index (χ1n) is 8.73. The van der Waals surface area contributed by atoms with Crippen LogP contribution in [0.2, 0.25) is 0 Å². The van der Waals surface area contributed by atoms with Crippen LogP contribution in [0, 0.1) is 0 Å². The van der Waals surface area contributed by atoms with E-state index in [9.17, 15) is 4.79 Å². The predicted octanol–water partition coefficient (Wildman–Crippen LogP) is 3.90. The molecule has 0 aromatic heterocycles. The van der Waals surface area contributed by atoms with E-state index in [1.165, 1.54) is 49.8 Å². The summed E-state index contributed by atoms with van der Waals surface area (Å²) in [5.74, 6) is 0. The number of amides is 1. The lowest BCUT2D eigenvalue weighted by Crippen LogP contribution is -2.42. The topological polar surface area (TPSA) is 32.8 Å². The number of ether oxygens (including phenoxy) is 1. The maximum Gasteiger partial charge on any atom is 0.409 e. The molecular formula is C17H34N2O2. The van der Waals surface area contributed by atoms with Crippen molar-refractivity contribution in [3.63, 3.8) is 0 Å². The quantitative estimate of drug-likeness (QED) is 0.605. The number of nitrogens with zero attached hydrogens (tertiary/aromatic N) is 2. The Morgan fingerprint density at radius 2 is 1.81 bits per heavy atom. The minimum Gasteiger partial charge on any atom is -0.445 e. The minimum absolute atomic E-state index is 0.0817. The van der Waals surface area contributed by atoms with Crippen LogP contribution < -0.4 is 0 Å². The number of likely N-dealkylation sites (tertiary alicyclic amines) is 1.